The molecule has 6 heteroatoms. The van der Waals surface area contributed by atoms with Gasteiger partial charge >= 0.3 is 0 Å². The van der Waals surface area contributed by atoms with Crippen molar-refractivity contribution in [3.63, 3.8) is 0 Å². The number of hydrogen-bond donors (Lipinski definition) is 0. The predicted molar refractivity (Wildman–Crippen MR) is 82.5 cm³/mol. The van der Waals surface area contributed by atoms with Gasteiger partial charge in [0.1, 0.15) is 0 Å². The first-order chi connectivity index (χ1) is 8.27. The van der Waals surface area contributed by atoms with E-state index in [1.807, 2.05) is 45.9 Å². The van der Waals surface area contributed by atoms with E-state index in [-0.39, 0.29) is 18.3 Å². The van der Waals surface area contributed by atoms with Crippen LogP contribution in [0.2, 0.25) is 0 Å². The van der Waals surface area contributed by atoms with E-state index in [0.717, 1.165) is 16.5 Å². The molecular formula is C13H19Cl3N2O. The normalized spacial score (nSPS) is 11.1. The molecule has 1 amide bonds. The molecule has 1 aromatic rings. The van der Waals surface area contributed by atoms with E-state index in [1.54, 1.807) is 6.07 Å². The first-order valence-electron chi connectivity index (χ1n) is 5.82. The van der Waals surface area contributed by atoms with Gasteiger partial charge in [0.2, 0.25) is 0 Å². The van der Waals surface area contributed by atoms with E-state index in [9.17, 15) is 4.79 Å². The zero-order chi connectivity index (χ0) is 13.9. The summed E-state index contributed by atoms with van der Waals surface area (Å²) in [5.41, 5.74) is 1.17. The highest BCUT2D eigenvalue weighted by Crippen LogP contribution is 2.23. The second-order valence-corrected chi connectivity index (χ2v) is 5.69. The van der Waals surface area contributed by atoms with Crippen LogP contribution in [0.25, 0.3) is 0 Å². The quantitative estimate of drug-likeness (QED) is 0.606. The third-order valence-corrected chi connectivity index (χ3v) is 3.50. The molecule has 0 aliphatic carbocycles. The molecule has 0 heterocycles. The van der Waals surface area contributed by atoms with Gasteiger partial charge in [-0.15, -0.1) is 16.9 Å². The molecule has 0 saturated heterocycles. The Balaban J connectivity index is 0.00000324. The number of nitrogens with zero attached hydrogens (tertiary/aromatic N) is 2. The summed E-state index contributed by atoms with van der Waals surface area (Å²) in [7, 11) is 0. The van der Waals surface area contributed by atoms with Gasteiger partial charge in [-0.1, -0.05) is 19.1 Å². The van der Waals surface area contributed by atoms with Crippen molar-refractivity contribution in [2.24, 2.45) is 0 Å². The Morgan fingerprint density at radius 3 is 2.32 bits per heavy atom. The molecule has 0 saturated carbocycles. The van der Waals surface area contributed by atoms with Crippen LogP contribution in [0, 0.1) is 0 Å². The average Bonchev–Trinajstić information content (AvgIpc) is 2.35. The maximum Gasteiger partial charge on any atom is 0.284 e. The number of hydrogen-bond acceptors (Lipinski definition) is 2. The van der Waals surface area contributed by atoms with Crippen LogP contribution in [0.1, 0.15) is 43.6 Å². The molecule has 0 spiro atoms. The maximum atomic E-state index is 12.2. The lowest BCUT2D eigenvalue weighted by molar-refractivity contribution is 0.0456. The summed E-state index contributed by atoms with van der Waals surface area (Å²) in [6, 6.07) is 7.36. The van der Waals surface area contributed by atoms with Crippen LogP contribution in [0.15, 0.2) is 24.3 Å². The summed E-state index contributed by atoms with van der Waals surface area (Å²) in [5.74, 6) is -0.336. The minimum atomic E-state index is -0.443. The van der Waals surface area contributed by atoms with E-state index in [0.29, 0.717) is 5.56 Å². The van der Waals surface area contributed by atoms with Gasteiger partial charge in [0, 0.05) is 29.1 Å². The molecule has 1 rings (SSSR count). The van der Waals surface area contributed by atoms with Crippen molar-refractivity contribution in [1.29, 1.82) is 0 Å². The standard InChI is InChI=1S/C13H18Cl2N2O.ClH/c1-5-10-7-6-8-11(9-10)12(18)16(14)17(15)13(2,3)4;/h6-9H,5H2,1-4H3;1H. The molecule has 19 heavy (non-hydrogen) atoms. The second-order valence-electron chi connectivity index (χ2n) is 5.05. The maximum absolute atomic E-state index is 12.2. The summed E-state index contributed by atoms with van der Waals surface area (Å²) in [4.78, 5) is 12.2. The van der Waals surface area contributed by atoms with Gasteiger partial charge in [0.05, 0.1) is 5.54 Å². The summed E-state index contributed by atoms with van der Waals surface area (Å²) in [6.45, 7) is 7.63. The van der Waals surface area contributed by atoms with Crippen LogP contribution in [0.4, 0.5) is 0 Å². The largest absolute Gasteiger partial charge is 0.284 e. The minimum absolute atomic E-state index is 0. The fraction of sp³-hybridized carbons (Fsp3) is 0.462. The van der Waals surface area contributed by atoms with Crippen molar-refractivity contribution in [2.45, 2.75) is 39.7 Å². The lowest BCUT2D eigenvalue weighted by Gasteiger charge is -2.33. The Hall–Kier alpha value is -0.480. The van der Waals surface area contributed by atoms with Crippen LogP contribution < -0.4 is 0 Å². The van der Waals surface area contributed by atoms with E-state index < -0.39 is 5.54 Å². The van der Waals surface area contributed by atoms with Gasteiger partial charge in [0.15, 0.2) is 0 Å². The van der Waals surface area contributed by atoms with Gasteiger partial charge in [-0.25, -0.2) is 0 Å². The fourth-order valence-corrected chi connectivity index (χ4v) is 1.77. The number of carbonyl (C=O) groups is 1. The highest BCUT2D eigenvalue weighted by atomic mass is 35.5. The van der Waals surface area contributed by atoms with Crippen LogP contribution >= 0.6 is 36.0 Å². The molecule has 0 aliphatic heterocycles. The first-order valence-corrected chi connectivity index (χ1v) is 6.50. The molecule has 0 aliphatic rings. The Morgan fingerprint density at radius 1 is 1.26 bits per heavy atom. The Labute approximate surface area is 131 Å². The Bertz CT molecular complexity index is 432. The highest BCUT2D eigenvalue weighted by molar-refractivity contribution is 6.27. The monoisotopic (exact) mass is 324 g/mol. The summed E-state index contributed by atoms with van der Waals surface area (Å²) in [6.07, 6.45) is 0.868. The van der Waals surface area contributed by atoms with Gasteiger partial charge in [0.25, 0.3) is 5.91 Å². The molecule has 1 aromatic carbocycles. The first kappa shape index (κ1) is 18.5. The van der Waals surface area contributed by atoms with Crippen LogP contribution in [-0.4, -0.2) is 20.5 Å². The third kappa shape index (κ3) is 4.84. The van der Waals surface area contributed by atoms with Crippen molar-refractivity contribution in [1.82, 2.24) is 9.06 Å². The molecule has 0 unspecified atom stereocenters. The zero-order valence-electron chi connectivity index (χ0n) is 11.5. The number of aryl methyl sites for hydroxylation is 1. The smallest absolute Gasteiger partial charge is 0.266 e. The lowest BCUT2D eigenvalue weighted by Crippen LogP contribution is -2.45. The molecule has 0 fully saturated rings. The molecular weight excluding hydrogens is 307 g/mol. The molecule has 108 valence electrons. The molecule has 0 radical (unpaired) electrons. The third-order valence-electron chi connectivity index (χ3n) is 2.46. The number of rotatable bonds is 3. The van der Waals surface area contributed by atoms with Gasteiger partial charge in [-0.05, 0) is 44.9 Å². The second kappa shape index (κ2) is 7.34. The fourth-order valence-electron chi connectivity index (χ4n) is 1.37. The van der Waals surface area contributed by atoms with Crippen molar-refractivity contribution >= 4 is 41.9 Å². The number of carbonyl (C=O) groups excluding carboxylic acids is 1. The Morgan fingerprint density at radius 2 is 1.84 bits per heavy atom. The summed E-state index contributed by atoms with van der Waals surface area (Å²) < 4.78 is 2.10. The summed E-state index contributed by atoms with van der Waals surface area (Å²) in [5, 5.41) is 0. The van der Waals surface area contributed by atoms with Crippen molar-refractivity contribution in [2.75, 3.05) is 0 Å². The highest BCUT2D eigenvalue weighted by Gasteiger charge is 2.29. The van der Waals surface area contributed by atoms with E-state index >= 15 is 0 Å². The van der Waals surface area contributed by atoms with E-state index in [1.165, 1.54) is 4.53 Å². The molecule has 0 bridgehead atoms. The zero-order valence-corrected chi connectivity index (χ0v) is 13.8. The van der Waals surface area contributed by atoms with Crippen LogP contribution in [0.5, 0.6) is 0 Å². The molecule has 0 atom stereocenters. The number of halogens is 3. The lowest BCUT2D eigenvalue weighted by atomic mass is 10.1. The van der Waals surface area contributed by atoms with Gasteiger partial charge < -0.3 is 0 Å². The van der Waals surface area contributed by atoms with Gasteiger partial charge in [-0.2, -0.15) is 4.53 Å². The van der Waals surface area contributed by atoms with Crippen molar-refractivity contribution in [3.8, 4) is 0 Å². The number of amides is 1. The average molecular weight is 326 g/mol. The van der Waals surface area contributed by atoms with Crippen molar-refractivity contribution < 1.29 is 4.79 Å². The van der Waals surface area contributed by atoms with Crippen molar-refractivity contribution in [3.05, 3.63) is 35.4 Å². The molecule has 0 N–H and O–H groups in total. The molecule has 3 nitrogen and oxygen atoms in total. The SMILES string of the molecule is CCc1cccc(C(=O)N(Cl)N(Cl)C(C)(C)C)c1.Cl. The number of benzene rings is 1. The van der Waals surface area contributed by atoms with Crippen LogP contribution in [-0.2, 0) is 6.42 Å². The predicted octanol–water partition coefficient (Wildman–Crippen LogP) is 4.44. The van der Waals surface area contributed by atoms with E-state index in [4.69, 9.17) is 23.6 Å². The Kier molecular flexibility index (Phi) is 7.16. The van der Waals surface area contributed by atoms with Crippen LogP contribution in [0.3, 0.4) is 0 Å². The number of hydrazine groups is 1. The minimum Gasteiger partial charge on any atom is -0.266 e. The van der Waals surface area contributed by atoms with E-state index in [2.05, 4.69) is 0 Å². The van der Waals surface area contributed by atoms with Gasteiger partial charge in [-0.3, -0.25) is 4.79 Å². The molecule has 0 aromatic heterocycles. The summed E-state index contributed by atoms with van der Waals surface area (Å²) >= 11 is 12.0. The topological polar surface area (TPSA) is 23.6 Å².